The average molecular weight is 326 g/mol. The summed E-state index contributed by atoms with van der Waals surface area (Å²) in [4.78, 5) is 15.9. The Bertz CT molecular complexity index is 534. The van der Waals surface area contributed by atoms with E-state index in [1.54, 1.807) is 0 Å². The minimum Gasteiger partial charge on any atom is -0.503 e. The third-order valence-electron chi connectivity index (χ3n) is 2.85. The van der Waals surface area contributed by atoms with Crippen molar-refractivity contribution >= 4 is 23.2 Å². The van der Waals surface area contributed by atoms with Crippen LogP contribution in [0.1, 0.15) is 32.9 Å². The molecule has 0 aliphatic rings. The molecule has 2 N–H and O–H groups in total. The normalized spacial score (nSPS) is 11.9. The van der Waals surface area contributed by atoms with Gasteiger partial charge < -0.3 is 19.9 Å². The van der Waals surface area contributed by atoms with Gasteiger partial charge in [0.2, 0.25) is 0 Å². The minimum atomic E-state index is -0.405. The summed E-state index contributed by atoms with van der Waals surface area (Å²) in [5.74, 6) is 0.152. The summed E-state index contributed by atoms with van der Waals surface area (Å²) in [5.41, 5.74) is 0.164. The number of hydrogen-bond donors (Lipinski definition) is 2. The van der Waals surface area contributed by atoms with Crippen LogP contribution in [0.5, 0.6) is 11.5 Å². The van der Waals surface area contributed by atoms with Crippen LogP contribution in [0.25, 0.3) is 0 Å². The number of esters is 1. The zero-order valence-corrected chi connectivity index (χ0v) is 14.1. The van der Waals surface area contributed by atoms with Crippen LogP contribution < -0.4 is 10.1 Å². The van der Waals surface area contributed by atoms with Crippen LogP contribution in [-0.2, 0) is 9.53 Å². The highest BCUT2D eigenvalue weighted by Gasteiger charge is 2.16. The number of hydrogen-bond acceptors (Lipinski definition) is 6. The van der Waals surface area contributed by atoms with E-state index in [9.17, 15) is 9.90 Å². The maximum absolute atomic E-state index is 11.7. The number of ether oxygens (including phenoxy) is 2. The first kappa shape index (κ1) is 18.2. The Morgan fingerprint density at radius 1 is 1.45 bits per heavy atom. The van der Waals surface area contributed by atoms with Crippen LogP contribution in [-0.4, -0.2) is 40.8 Å². The first-order valence-corrected chi connectivity index (χ1v) is 7.45. The molecule has 1 rings (SSSR count). The number of methoxy groups -OCH3 is 1. The van der Waals surface area contributed by atoms with Crippen molar-refractivity contribution in [1.82, 2.24) is 10.3 Å². The van der Waals surface area contributed by atoms with Crippen LogP contribution in [0.2, 0.25) is 0 Å². The fourth-order valence-electron chi connectivity index (χ4n) is 1.98. The van der Waals surface area contributed by atoms with Crippen molar-refractivity contribution in [3.63, 3.8) is 0 Å². The molecule has 0 aromatic carbocycles. The molecule has 0 amide bonds. The second-order valence-corrected chi connectivity index (χ2v) is 5.73. The number of pyridine rings is 1. The zero-order valence-electron chi connectivity index (χ0n) is 13.3. The van der Waals surface area contributed by atoms with Crippen molar-refractivity contribution in [2.45, 2.75) is 33.3 Å². The Hall–Kier alpha value is -1.89. The van der Waals surface area contributed by atoms with Gasteiger partial charge in [-0.05, 0) is 19.3 Å². The quantitative estimate of drug-likeness (QED) is 0.586. The highest BCUT2D eigenvalue weighted by atomic mass is 32.1. The lowest BCUT2D eigenvalue weighted by Gasteiger charge is -2.16. The minimum absolute atomic E-state index is 0.0837. The van der Waals surface area contributed by atoms with Crippen LogP contribution >= 0.6 is 12.2 Å². The zero-order chi connectivity index (χ0) is 16.7. The summed E-state index contributed by atoms with van der Waals surface area (Å²) >= 11 is 5.12. The topological polar surface area (TPSA) is 80.7 Å². The highest BCUT2D eigenvalue weighted by molar-refractivity contribution is 7.80. The molecule has 0 aliphatic heterocycles. The lowest BCUT2D eigenvalue weighted by atomic mass is 10.1. The van der Waals surface area contributed by atoms with Gasteiger partial charge in [0.1, 0.15) is 17.2 Å². The van der Waals surface area contributed by atoms with Crippen LogP contribution in [0.3, 0.4) is 0 Å². The predicted octanol–water partition coefficient (Wildman–Crippen LogP) is 2.04. The van der Waals surface area contributed by atoms with E-state index in [2.05, 4.69) is 24.1 Å². The molecule has 7 heteroatoms. The largest absolute Gasteiger partial charge is 0.503 e. The fraction of sp³-hybridized carbons (Fsp3) is 0.533. The standard InChI is InChI=1S/C15H22N2O4S/c1-9(2)7-10(3)21-12(18)8-17-15(22)13-14(19)11(20-4)5-6-16-13/h5-6,9-10,19H,7-8H2,1-4H3,(H,17,22). The number of nitrogens with zero attached hydrogens (tertiary/aromatic N) is 1. The van der Waals surface area contributed by atoms with Crippen LogP contribution in [0.15, 0.2) is 12.3 Å². The molecule has 0 saturated heterocycles. The molecule has 0 aliphatic carbocycles. The predicted molar refractivity (Wildman–Crippen MR) is 87.2 cm³/mol. The molecule has 1 aromatic heterocycles. The highest BCUT2D eigenvalue weighted by Crippen LogP contribution is 2.27. The summed E-state index contributed by atoms with van der Waals surface area (Å²) in [6.45, 7) is 5.90. The van der Waals surface area contributed by atoms with E-state index in [1.807, 2.05) is 6.92 Å². The van der Waals surface area contributed by atoms with Crippen LogP contribution in [0.4, 0.5) is 0 Å². The lowest BCUT2D eigenvalue weighted by Crippen LogP contribution is -2.32. The van der Waals surface area contributed by atoms with Gasteiger partial charge in [0, 0.05) is 12.3 Å². The second kappa shape index (κ2) is 8.53. The van der Waals surface area contributed by atoms with E-state index in [1.165, 1.54) is 19.4 Å². The summed E-state index contributed by atoms with van der Waals surface area (Å²) in [7, 11) is 1.43. The molecule has 0 fully saturated rings. The smallest absolute Gasteiger partial charge is 0.325 e. The molecule has 0 radical (unpaired) electrons. The summed E-state index contributed by atoms with van der Waals surface area (Å²) in [6.07, 6.45) is 2.12. The number of nitrogens with one attached hydrogen (secondary N) is 1. The molecule has 1 unspecified atom stereocenters. The van der Waals surface area contributed by atoms with Gasteiger partial charge in [-0.25, -0.2) is 4.98 Å². The third-order valence-corrected chi connectivity index (χ3v) is 3.19. The van der Waals surface area contributed by atoms with E-state index in [0.29, 0.717) is 5.92 Å². The Labute approximate surface area is 135 Å². The van der Waals surface area contributed by atoms with Gasteiger partial charge in [-0.2, -0.15) is 0 Å². The summed E-state index contributed by atoms with van der Waals surface area (Å²) < 4.78 is 10.2. The monoisotopic (exact) mass is 326 g/mol. The summed E-state index contributed by atoms with van der Waals surface area (Å²) in [6, 6.07) is 1.52. The van der Waals surface area contributed by atoms with Crippen molar-refractivity contribution in [2.75, 3.05) is 13.7 Å². The fourth-order valence-corrected chi connectivity index (χ4v) is 2.20. The number of aromatic nitrogens is 1. The van der Waals surface area contributed by atoms with Gasteiger partial charge in [-0.15, -0.1) is 0 Å². The van der Waals surface area contributed by atoms with Crippen LogP contribution in [0, 0.1) is 5.92 Å². The van der Waals surface area contributed by atoms with Gasteiger partial charge in [-0.3, -0.25) is 4.79 Å². The van der Waals surface area contributed by atoms with Gasteiger partial charge in [-0.1, -0.05) is 26.1 Å². The van der Waals surface area contributed by atoms with Gasteiger partial charge in [0.15, 0.2) is 11.5 Å². The number of aromatic hydroxyl groups is 1. The molecule has 0 bridgehead atoms. The Kier molecular flexibility index (Phi) is 7.04. The Morgan fingerprint density at radius 3 is 2.73 bits per heavy atom. The Morgan fingerprint density at radius 2 is 2.14 bits per heavy atom. The SMILES string of the molecule is COc1ccnc(C(=S)NCC(=O)OC(C)CC(C)C)c1O. The van der Waals surface area contributed by atoms with Crippen molar-refractivity contribution in [3.05, 3.63) is 18.0 Å². The molecule has 122 valence electrons. The van der Waals surface area contributed by atoms with Crippen molar-refractivity contribution < 1.29 is 19.4 Å². The molecule has 22 heavy (non-hydrogen) atoms. The van der Waals surface area contributed by atoms with E-state index >= 15 is 0 Å². The van der Waals surface area contributed by atoms with Crippen molar-refractivity contribution in [2.24, 2.45) is 5.92 Å². The number of thiocarbonyl (C=S) groups is 1. The molecule has 1 heterocycles. The maximum Gasteiger partial charge on any atom is 0.325 e. The van der Waals surface area contributed by atoms with E-state index < -0.39 is 5.97 Å². The molecule has 0 saturated carbocycles. The van der Waals surface area contributed by atoms with E-state index in [0.717, 1.165) is 6.42 Å². The van der Waals surface area contributed by atoms with Crippen molar-refractivity contribution in [3.8, 4) is 11.5 Å². The first-order valence-electron chi connectivity index (χ1n) is 7.04. The molecule has 6 nitrogen and oxygen atoms in total. The number of carbonyl (C=O) groups excluding carboxylic acids is 1. The van der Waals surface area contributed by atoms with E-state index in [4.69, 9.17) is 21.7 Å². The molecular formula is C15H22N2O4S. The van der Waals surface area contributed by atoms with E-state index in [-0.39, 0.29) is 34.8 Å². The third kappa shape index (κ3) is 5.48. The lowest BCUT2D eigenvalue weighted by molar-refractivity contribution is -0.147. The van der Waals surface area contributed by atoms with Gasteiger partial charge in [0.25, 0.3) is 0 Å². The first-order chi connectivity index (χ1) is 10.3. The number of carbonyl (C=O) groups is 1. The molecule has 1 aromatic rings. The molecule has 1 atom stereocenters. The van der Waals surface area contributed by atoms with Gasteiger partial charge >= 0.3 is 5.97 Å². The number of rotatable bonds is 7. The average Bonchev–Trinajstić information content (AvgIpc) is 2.44. The van der Waals surface area contributed by atoms with Gasteiger partial charge in [0.05, 0.1) is 13.2 Å². The summed E-state index contributed by atoms with van der Waals surface area (Å²) in [5, 5.41) is 12.7. The molecular weight excluding hydrogens is 304 g/mol. The molecule has 0 spiro atoms. The Balaban J connectivity index is 2.54. The maximum atomic E-state index is 11.7. The second-order valence-electron chi connectivity index (χ2n) is 5.32. The van der Waals surface area contributed by atoms with Crippen molar-refractivity contribution in [1.29, 1.82) is 0 Å².